The summed E-state index contributed by atoms with van der Waals surface area (Å²) in [5.74, 6) is -0.201. The monoisotopic (exact) mass is 348 g/mol. The molecule has 0 bridgehead atoms. The second-order valence-corrected chi connectivity index (χ2v) is 6.04. The summed E-state index contributed by atoms with van der Waals surface area (Å²) in [5, 5.41) is 15.2. The lowest BCUT2D eigenvalue weighted by molar-refractivity contribution is -0.121. The number of likely N-dealkylation sites (N-methyl/N-ethyl adjacent to an activating group) is 1. The summed E-state index contributed by atoms with van der Waals surface area (Å²) in [6.45, 7) is 1.75. The molecular formula is C16H20N4O3S. The summed E-state index contributed by atoms with van der Waals surface area (Å²) in [5.41, 5.74) is 2.28. The molecule has 0 saturated heterocycles. The Balaban J connectivity index is 2.01. The fourth-order valence-corrected chi connectivity index (χ4v) is 2.85. The highest BCUT2D eigenvalue weighted by Gasteiger charge is 2.14. The fourth-order valence-electron chi connectivity index (χ4n) is 2.05. The van der Waals surface area contributed by atoms with E-state index in [1.807, 2.05) is 31.2 Å². The number of rotatable bonds is 7. The summed E-state index contributed by atoms with van der Waals surface area (Å²) in [6.07, 6.45) is 1.50. The molecule has 2 aromatic rings. The number of anilines is 1. The highest BCUT2D eigenvalue weighted by molar-refractivity contribution is 7.99. The van der Waals surface area contributed by atoms with Crippen molar-refractivity contribution in [1.82, 2.24) is 14.9 Å². The van der Waals surface area contributed by atoms with Crippen molar-refractivity contribution in [2.45, 2.75) is 25.2 Å². The first-order valence-electron chi connectivity index (χ1n) is 7.39. The summed E-state index contributed by atoms with van der Waals surface area (Å²) in [4.78, 5) is 27.9. The van der Waals surface area contributed by atoms with Crippen LogP contribution in [0.2, 0.25) is 0 Å². The number of nitrogens with zero attached hydrogens (tertiary/aromatic N) is 2. The third-order valence-corrected chi connectivity index (χ3v) is 4.39. The lowest BCUT2D eigenvalue weighted by Crippen LogP contribution is -2.25. The topological polar surface area (TPSA) is 96.2 Å². The van der Waals surface area contributed by atoms with E-state index in [1.165, 1.54) is 18.0 Å². The quantitative estimate of drug-likeness (QED) is 0.653. The van der Waals surface area contributed by atoms with Crippen LogP contribution in [0.3, 0.4) is 0 Å². The van der Waals surface area contributed by atoms with Crippen LogP contribution in [0.5, 0.6) is 0 Å². The molecule has 7 nitrogen and oxygen atoms in total. The first-order valence-corrected chi connectivity index (χ1v) is 8.37. The largest absolute Gasteiger partial charge is 0.390 e. The first kappa shape index (κ1) is 18.0. The van der Waals surface area contributed by atoms with Gasteiger partial charge in [0, 0.05) is 12.7 Å². The van der Waals surface area contributed by atoms with Crippen LogP contribution in [0.4, 0.5) is 5.69 Å². The van der Waals surface area contributed by atoms with Gasteiger partial charge in [-0.3, -0.25) is 9.59 Å². The third kappa shape index (κ3) is 4.59. The number of hydrogen-bond acceptors (Lipinski definition) is 5. The van der Waals surface area contributed by atoms with Gasteiger partial charge >= 0.3 is 0 Å². The molecule has 0 aliphatic carbocycles. The molecule has 2 amide bonds. The number of thioether (sulfide) groups is 1. The Morgan fingerprint density at radius 2 is 2.04 bits per heavy atom. The minimum absolute atomic E-state index is 0.0497. The first-order chi connectivity index (χ1) is 11.5. The normalized spacial score (nSPS) is 10.5. The van der Waals surface area contributed by atoms with E-state index in [0.29, 0.717) is 10.9 Å². The number of aryl methyl sites for hydroxylation is 1. The van der Waals surface area contributed by atoms with E-state index in [1.54, 1.807) is 11.6 Å². The predicted molar refractivity (Wildman–Crippen MR) is 92.7 cm³/mol. The Bertz CT molecular complexity index is 730. The van der Waals surface area contributed by atoms with Crippen molar-refractivity contribution in [3.8, 4) is 0 Å². The van der Waals surface area contributed by atoms with Crippen molar-refractivity contribution in [1.29, 1.82) is 0 Å². The van der Waals surface area contributed by atoms with Crippen LogP contribution < -0.4 is 10.6 Å². The van der Waals surface area contributed by atoms with Crippen LogP contribution in [0.25, 0.3) is 0 Å². The molecule has 128 valence electrons. The van der Waals surface area contributed by atoms with Gasteiger partial charge in [-0.05, 0) is 18.6 Å². The van der Waals surface area contributed by atoms with E-state index < -0.39 is 0 Å². The molecule has 3 N–H and O–H groups in total. The number of imidazole rings is 1. The van der Waals surface area contributed by atoms with Gasteiger partial charge in [0.2, 0.25) is 11.8 Å². The van der Waals surface area contributed by atoms with Gasteiger partial charge in [-0.1, -0.05) is 30.0 Å². The number of nitrogens with one attached hydrogen (secondary N) is 2. The molecule has 0 aliphatic heterocycles. The number of hydrogen-bond donors (Lipinski definition) is 3. The number of amides is 2. The van der Waals surface area contributed by atoms with Crippen molar-refractivity contribution >= 4 is 29.3 Å². The maximum Gasteiger partial charge on any atom is 0.239 e. The van der Waals surface area contributed by atoms with Crippen molar-refractivity contribution < 1.29 is 14.7 Å². The second-order valence-electron chi connectivity index (χ2n) is 5.10. The van der Waals surface area contributed by atoms with Gasteiger partial charge in [0.15, 0.2) is 5.16 Å². The number of para-hydroxylation sites is 1. The molecule has 8 heteroatoms. The number of benzene rings is 1. The minimum Gasteiger partial charge on any atom is -0.390 e. The zero-order chi connectivity index (χ0) is 17.5. The van der Waals surface area contributed by atoms with Crippen LogP contribution in [0.1, 0.15) is 11.3 Å². The Morgan fingerprint density at radius 3 is 2.71 bits per heavy atom. The molecule has 0 unspecified atom stereocenters. The fraction of sp³-hybridized carbons (Fsp3) is 0.312. The standard InChI is InChI=1S/C16H20N4O3S/c1-11-5-3-4-6-13(11)19-15(23)10-24-16-18-7-12(9-21)20(16)8-14(22)17-2/h3-7,21H,8-10H2,1-2H3,(H,17,22)(H,19,23). The number of carbonyl (C=O) groups excluding carboxylic acids is 2. The van der Waals surface area contributed by atoms with Crippen LogP contribution in [0, 0.1) is 6.92 Å². The third-order valence-electron chi connectivity index (χ3n) is 3.40. The molecule has 0 aliphatic rings. The van der Waals surface area contributed by atoms with E-state index >= 15 is 0 Å². The van der Waals surface area contributed by atoms with Crippen LogP contribution in [-0.2, 0) is 22.7 Å². The minimum atomic E-state index is -0.222. The van der Waals surface area contributed by atoms with Crippen molar-refractivity contribution in [2.75, 3.05) is 18.1 Å². The number of aromatic nitrogens is 2. The molecule has 1 heterocycles. The zero-order valence-corrected chi connectivity index (χ0v) is 14.4. The number of carbonyl (C=O) groups is 2. The van der Waals surface area contributed by atoms with Crippen molar-refractivity contribution in [3.05, 3.63) is 41.7 Å². The van der Waals surface area contributed by atoms with Gasteiger partial charge in [-0.2, -0.15) is 0 Å². The molecular weight excluding hydrogens is 328 g/mol. The lowest BCUT2D eigenvalue weighted by atomic mass is 10.2. The molecule has 0 saturated carbocycles. The van der Waals surface area contributed by atoms with Crippen molar-refractivity contribution in [3.63, 3.8) is 0 Å². The molecule has 0 radical (unpaired) electrons. The van der Waals surface area contributed by atoms with Gasteiger partial charge in [0.05, 0.1) is 24.3 Å². The zero-order valence-electron chi connectivity index (χ0n) is 13.6. The van der Waals surface area contributed by atoms with E-state index in [9.17, 15) is 14.7 Å². The predicted octanol–water partition coefficient (Wildman–Crippen LogP) is 1.16. The molecule has 24 heavy (non-hydrogen) atoms. The molecule has 0 spiro atoms. The summed E-state index contributed by atoms with van der Waals surface area (Å²) in [7, 11) is 1.54. The van der Waals surface area contributed by atoms with Gasteiger partial charge in [-0.25, -0.2) is 4.98 Å². The highest BCUT2D eigenvalue weighted by Crippen LogP contribution is 2.20. The number of aliphatic hydroxyl groups excluding tert-OH is 1. The Labute approximate surface area is 144 Å². The maximum absolute atomic E-state index is 12.1. The van der Waals surface area contributed by atoms with Gasteiger partial charge in [-0.15, -0.1) is 0 Å². The van der Waals surface area contributed by atoms with Crippen molar-refractivity contribution in [2.24, 2.45) is 0 Å². The SMILES string of the molecule is CNC(=O)Cn1c(CO)cnc1SCC(=O)Nc1ccccc1C. The van der Waals surface area contributed by atoms with Crippen LogP contribution in [0.15, 0.2) is 35.6 Å². The number of aliphatic hydroxyl groups is 1. The average Bonchev–Trinajstić information content (AvgIpc) is 2.96. The van der Waals surface area contributed by atoms with Crippen LogP contribution >= 0.6 is 11.8 Å². The maximum atomic E-state index is 12.1. The molecule has 0 fully saturated rings. The van der Waals surface area contributed by atoms with Gasteiger partial charge in [0.25, 0.3) is 0 Å². The van der Waals surface area contributed by atoms with E-state index in [4.69, 9.17) is 0 Å². The molecule has 0 atom stereocenters. The summed E-state index contributed by atoms with van der Waals surface area (Å²) in [6, 6.07) is 7.53. The van der Waals surface area contributed by atoms with Gasteiger partial charge < -0.3 is 20.3 Å². The smallest absolute Gasteiger partial charge is 0.239 e. The Kier molecular flexibility index (Phi) is 6.39. The Hall–Kier alpha value is -2.32. The Morgan fingerprint density at radius 1 is 1.29 bits per heavy atom. The van der Waals surface area contributed by atoms with Gasteiger partial charge in [0.1, 0.15) is 6.54 Å². The summed E-state index contributed by atoms with van der Waals surface area (Å²) >= 11 is 1.22. The van der Waals surface area contributed by atoms with E-state index in [2.05, 4.69) is 15.6 Å². The average molecular weight is 348 g/mol. The molecule has 1 aromatic heterocycles. The van der Waals surface area contributed by atoms with E-state index in [0.717, 1.165) is 11.3 Å². The summed E-state index contributed by atoms with van der Waals surface area (Å²) < 4.78 is 1.60. The second kappa shape index (κ2) is 8.51. The molecule has 1 aromatic carbocycles. The lowest BCUT2D eigenvalue weighted by Gasteiger charge is -2.10. The molecule has 2 rings (SSSR count). The van der Waals surface area contributed by atoms with Crippen LogP contribution in [-0.4, -0.2) is 39.3 Å². The highest BCUT2D eigenvalue weighted by atomic mass is 32.2. The van der Waals surface area contributed by atoms with E-state index in [-0.39, 0.29) is 30.7 Å².